The molecule has 2 N–H and O–H groups in total. The van der Waals surface area contributed by atoms with Crippen LogP contribution in [-0.4, -0.2) is 30.8 Å². The van der Waals surface area contributed by atoms with Crippen LogP contribution in [0.2, 0.25) is 0 Å². The molecule has 3 aliphatic rings. The summed E-state index contributed by atoms with van der Waals surface area (Å²) in [6.07, 6.45) is 3.44. The summed E-state index contributed by atoms with van der Waals surface area (Å²) in [6, 6.07) is 6.62. The highest BCUT2D eigenvalue weighted by Gasteiger charge is 2.39. The molecular weight excluding hydrogens is 280 g/mol. The molecule has 3 heterocycles. The van der Waals surface area contributed by atoms with E-state index >= 15 is 0 Å². The lowest BCUT2D eigenvalue weighted by Crippen LogP contribution is -2.42. The molecule has 0 aliphatic carbocycles. The van der Waals surface area contributed by atoms with E-state index in [1.807, 2.05) is 0 Å². The first kappa shape index (κ1) is 13.5. The first-order valence-corrected chi connectivity index (χ1v) is 6.76. The summed E-state index contributed by atoms with van der Waals surface area (Å²) in [5, 5.41) is 6.64. The molecule has 2 fully saturated rings. The molecule has 2 saturated heterocycles. The van der Waals surface area contributed by atoms with Crippen LogP contribution in [-0.2, 0) is 0 Å². The van der Waals surface area contributed by atoms with Gasteiger partial charge in [-0.2, -0.15) is 0 Å². The van der Waals surface area contributed by atoms with E-state index < -0.39 is 0 Å². The largest absolute Gasteiger partial charge is 0.454 e. The van der Waals surface area contributed by atoms with Crippen molar-refractivity contribution < 1.29 is 14.3 Å². The zero-order valence-corrected chi connectivity index (χ0v) is 11.7. The zero-order chi connectivity index (χ0) is 12.8. The highest BCUT2D eigenvalue weighted by molar-refractivity contribution is 5.95. The van der Waals surface area contributed by atoms with Gasteiger partial charge in [-0.3, -0.25) is 4.79 Å². The fraction of sp³-hybridized carbons (Fsp3) is 0.500. The van der Waals surface area contributed by atoms with Gasteiger partial charge in [-0.25, -0.2) is 0 Å². The van der Waals surface area contributed by atoms with Crippen LogP contribution in [0, 0.1) is 0 Å². The number of carbonyl (C=O) groups excluding carboxylic acids is 1. The summed E-state index contributed by atoms with van der Waals surface area (Å²) >= 11 is 0. The van der Waals surface area contributed by atoms with E-state index in [1.165, 1.54) is 6.42 Å². The number of halogens is 1. The summed E-state index contributed by atoms with van der Waals surface area (Å²) in [7, 11) is 0. The molecule has 4 rings (SSSR count). The minimum atomic E-state index is -0.0300. The minimum absolute atomic E-state index is 0. The number of hydrogen-bond acceptors (Lipinski definition) is 4. The number of amides is 1. The third-order valence-corrected chi connectivity index (χ3v) is 4.25. The van der Waals surface area contributed by atoms with E-state index in [4.69, 9.17) is 9.47 Å². The molecular formula is C14H17ClN2O3. The standard InChI is InChI=1S/C14H16N2O3.ClH/c17-14(16-11-6-9-2-3-10(11)15-9)8-1-4-12-13(5-8)19-7-18-12;/h1,4-5,9-11,15H,2-3,6-7H2,(H,16,17);1H/t9-,10+,11-;/m1./s1. The quantitative estimate of drug-likeness (QED) is 0.867. The molecule has 20 heavy (non-hydrogen) atoms. The summed E-state index contributed by atoms with van der Waals surface area (Å²) < 4.78 is 10.5. The summed E-state index contributed by atoms with van der Waals surface area (Å²) in [4.78, 5) is 12.2. The number of carbonyl (C=O) groups is 1. The molecule has 0 unspecified atom stereocenters. The van der Waals surface area contributed by atoms with E-state index in [2.05, 4.69) is 10.6 Å². The SMILES string of the molecule is Cl.O=C(N[C@@H]1C[C@H]2CC[C@@H]1N2)c1ccc2c(c1)OCO2. The average molecular weight is 297 g/mol. The maximum absolute atomic E-state index is 12.2. The van der Waals surface area contributed by atoms with Gasteiger partial charge in [0.05, 0.1) is 0 Å². The number of fused-ring (bicyclic) bond motifs is 3. The minimum Gasteiger partial charge on any atom is -0.454 e. The van der Waals surface area contributed by atoms with Crippen molar-refractivity contribution in [2.24, 2.45) is 0 Å². The molecule has 6 heteroatoms. The van der Waals surface area contributed by atoms with Crippen molar-refractivity contribution in [3.05, 3.63) is 23.8 Å². The molecule has 108 valence electrons. The molecule has 3 atom stereocenters. The van der Waals surface area contributed by atoms with Crippen LogP contribution < -0.4 is 20.1 Å². The predicted octanol–water partition coefficient (Wildman–Crippen LogP) is 1.46. The lowest BCUT2D eigenvalue weighted by Gasteiger charge is -2.21. The Morgan fingerprint density at radius 3 is 2.85 bits per heavy atom. The van der Waals surface area contributed by atoms with Gasteiger partial charge in [-0.15, -0.1) is 12.4 Å². The average Bonchev–Trinajstić information content (AvgIpc) is 3.13. The molecule has 1 aromatic carbocycles. The van der Waals surface area contributed by atoms with Gasteiger partial charge >= 0.3 is 0 Å². The van der Waals surface area contributed by atoms with Crippen LogP contribution in [0.3, 0.4) is 0 Å². The van der Waals surface area contributed by atoms with Gasteiger partial charge in [0.25, 0.3) is 5.91 Å². The third kappa shape index (κ3) is 2.21. The Balaban J connectivity index is 0.00000121. The van der Waals surface area contributed by atoms with Crippen molar-refractivity contribution in [1.29, 1.82) is 0 Å². The summed E-state index contributed by atoms with van der Waals surface area (Å²) in [5.74, 6) is 1.33. The lowest BCUT2D eigenvalue weighted by atomic mass is 9.95. The van der Waals surface area contributed by atoms with Crippen LogP contribution >= 0.6 is 12.4 Å². The third-order valence-electron chi connectivity index (χ3n) is 4.25. The van der Waals surface area contributed by atoms with Gasteiger partial charge in [-0.1, -0.05) is 0 Å². The van der Waals surface area contributed by atoms with Crippen LogP contribution in [0.4, 0.5) is 0 Å². The Morgan fingerprint density at radius 1 is 1.25 bits per heavy atom. The second-order valence-electron chi connectivity index (χ2n) is 5.43. The van der Waals surface area contributed by atoms with Gasteiger partial charge in [0, 0.05) is 23.7 Å². The Bertz CT molecular complexity index is 537. The van der Waals surface area contributed by atoms with Crippen molar-refractivity contribution in [1.82, 2.24) is 10.6 Å². The number of benzene rings is 1. The smallest absolute Gasteiger partial charge is 0.251 e. The van der Waals surface area contributed by atoms with Gasteiger partial charge in [0.2, 0.25) is 6.79 Å². The summed E-state index contributed by atoms with van der Waals surface area (Å²) in [5.41, 5.74) is 0.632. The first-order valence-electron chi connectivity index (χ1n) is 6.76. The van der Waals surface area contributed by atoms with Gasteiger partial charge < -0.3 is 20.1 Å². The predicted molar refractivity (Wildman–Crippen MR) is 75.6 cm³/mol. The Labute approximate surface area is 123 Å². The normalized spacial score (nSPS) is 29.1. The maximum atomic E-state index is 12.2. The highest BCUT2D eigenvalue weighted by atomic mass is 35.5. The Kier molecular flexibility index (Phi) is 3.48. The first-order chi connectivity index (χ1) is 9.29. The number of hydrogen-bond donors (Lipinski definition) is 2. The molecule has 1 amide bonds. The molecule has 0 spiro atoms. The lowest BCUT2D eigenvalue weighted by molar-refractivity contribution is 0.0930. The van der Waals surface area contributed by atoms with Crippen molar-refractivity contribution in [3.8, 4) is 11.5 Å². The van der Waals surface area contributed by atoms with E-state index in [0.717, 1.165) is 12.8 Å². The second kappa shape index (κ2) is 5.14. The molecule has 1 aromatic rings. The van der Waals surface area contributed by atoms with Crippen molar-refractivity contribution in [2.75, 3.05) is 6.79 Å². The van der Waals surface area contributed by atoms with Crippen LogP contribution in [0.25, 0.3) is 0 Å². The molecule has 5 nitrogen and oxygen atoms in total. The topological polar surface area (TPSA) is 59.6 Å². The maximum Gasteiger partial charge on any atom is 0.251 e. The fourth-order valence-electron chi connectivity index (χ4n) is 3.27. The number of nitrogens with one attached hydrogen (secondary N) is 2. The Hall–Kier alpha value is -1.46. The van der Waals surface area contributed by atoms with Crippen molar-refractivity contribution >= 4 is 18.3 Å². The highest BCUT2D eigenvalue weighted by Crippen LogP contribution is 2.33. The van der Waals surface area contributed by atoms with Crippen LogP contribution in [0.15, 0.2) is 18.2 Å². The zero-order valence-electron chi connectivity index (χ0n) is 10.9. The summed E-state index contributed by atoms with van der Waals surface area (Å²) in [6.45, 7) is 0.233. The van der Waals surface area contributed by atoms with Crippen molar-refractivity contribution in [2.45, 2.75) is 37.4 Å². The van der Waals surface area contributed by atoms with E-state index in [1.54, 1.807) is 18.2 Å². The van der Waals surface area contributed by atoms with E-state index in [-0.39, 0.29) is 31.1 Å². The molecule has 0 radical (unpaired) electrons. The van der Waals surface area contributed by atoms with Crippen molar-refractivity contribution in [3.63, 3.8) is 0 Å². The second-order valence-corrected chi connectivity index (χ2v) is 5.43. The monoisotopic (exact) mass is 296 g/mol. The van der Waals surface area contributed by atoms with Gasteiger partial charge in [-0.05, 0) is 37.5 Å². The fourth-order valence-corrected chi connectivity index (χ4v) is 3.27. The number of ether oxygens (including phenoxy) is 2. The number of rotatable bonds is 2. The molecule has 2 bridgehead atoms. The van der Waals surface area contributed by atoms with Gasteiger partial charge in [0.15, 0.2) is 11.5 Å². The molecule has 0 saturated carbocycles. The van der Waals surface area contributed by atoms with Gasteiger partial charge in [0.1, 0.15) is 0 Å². The van der Waals surface area contributed by atoms with E-state index in [9.17, 15) is 4.79 Å². The molecule has 3 aliphatic heterocycles. The Morgan fingerprint density at radius 2 is 2.10 bits per heavy atom. The van der Waals surface area contributed by atoms with Crippen LogP contribution in [0.5, 0.6) is 11.5 Å². The van der Waals surface area contributed by atoms with Crippen LogP contribution in [0.1, 0.15) is 29.6 Å². The molecule has 0 aromatic heterocycles. The van der Waals surface area contributed by atoms with E-state index in [0.29, 0.717) is 29.1 Å².